The van der Waals surface area contributed by atoms with Crippen molar-refractivity contribution >= 4 is 18.0 Å². The van der Waals surface area contributed by atoms with Crippen LogP contribution in [0, 0.1) is 17.8 Å². The maximum atomic E-state index is 13.4. The van der Waals surface area contributed by atoms with Gasteiger partial charge in [-0.25, -0.2) is 14.5 Å². The number of imide groups is 1. The van der Waals surface area contributed by atoms with Crippen LogP contribution in [0.25, 0.3) is 0 Å². The molecule has 0 radical (unpaired) electrons. The quantitative estimate of drug-likeness (QED) is 0.572. The highest BCUT2D eigenvalue weighted by atomic mass is 16.6. The lowest BCUT2D eigenvalue weighted by molar-refractivity contribution is -0.165. The molecule has 2 fully saturated rings. The predicted molar refractivity (Wildman–Crippen MR) is 123 cm³/mol. The number of nitrogens with zero attached hydrogens (tertiary/aromatic N) is 1. The number of amides is 2. The van der Waals surface area contributed by atoms with Gasteiger partial charge in [0.1, 0.15) is 12.1 Å². The number of esters is 1. The minimum Gasteiger partial charge on any atom is -0.459 e. The molecule has 1 heterocycles. The Morgan fingerprint density at radius 1 is 1.00 bits per heavy atom. The second kappa shape index (κ2) is 9.77. The van der Waals surface area contributed by atoms with Crippen molar-refractivity contribution in [3.8, 4) is 0 Å². The van der Waals surface area contributed by atoms with Gasteiger partial charge in [-0.3, -0.25) is 4.79 Å². The van der Waals surface area contributed by atoms with Crippen molar-refractivity contribution in [1.82, 2.24) is 4.90 Å². The molecule has 0 bridgehead atoms. The smallest absolute Gasteiger partial charge is 0.418 e. The van der Waals surface area contributed by atoms with Gasteiger partial charge in [-0.05, 0) is 48.3 Å². The topological polar surface area (TPSA) is 72.9 Å². The molecular formula is C27H31NO5. The van der Waals surface area contributed by atoms with Gasteiger partial charge >= 0.3 is 12.1 Å². The largest absolute Gasteiger partial charge is 0.459 e. The number of hydrogen-bond acceptors (Lipinski definition) is 5. The van der Waals surface area contributed by atoms with Gasteiger partial charge in [-0.1, -0.05) is 75.7 Å². The van der Waals surface area contributed by atoms with E-state index in [9.17, 15) is 14.4 Å². The second-order valence-electron chi connectivity index (χ2n) is 9.50. The van der Waals surface area contributed by atoms with Gasteiger partial charge in [0.2, 0.25) is 6.10 Å². The van der Waals surface area contributed by atoms with Crippen LogP contribution in [0.15, 0.2) is 60.7 Å². The van der Waals surface area contributed by atoms with Crippen LogP contribution in [0.2, 0.25) is 0 Å². The molecule has 2 aromatic carbocycles. The van der Waals surface area contributed by atoms with E-state index in [1.807, 2.05) is 18.2 Å². The van der Waals surface area contributed by atoms with Gasteiger partial charge < -0.3 is 9.47 Å². The minimum atomic E-state index is -1.21. The number of carbonyl (C=O) groups is 3. The van der Waals surface area contributed by atoms with Crippen LogP contribution >= 0.6 is 0 Å². The van der Waals surface area contributed by atoms with Crippen molar-refractivity contribution in [3.63, 3.8) is 0 Å². The summed E-state index contributed by atoms with van der Waals surface area (Å²) in [5.41, 5.74) is 0.998. The van der Waals surface area contributed by atoms with Crippen LogP contribution in [0.5, 0.6) is 0 Å². The van der Waals surface area contributed by atoms with Crippen LogP contribution in [0.4, 0.5) is 4.79 Å². The second-order valence-corrected chi connectivity index (χ2v) is 9.50. The molecule has 2 amide bonds. The number of hydrogen-bond donors (Lipinski definition) is 0. The predicted octanol–water partition coefficient (Wildman–Crippen LogP) is 5.39. The molecule has 174 valence electrons. The van der Waals surface area contributed by atoms with Gasteiger partial charge in [0.05, 0.1) is 0 Å². The molecule has 3 unspecified atom stereocenters. The van der Waals surface area contributed by atoms with Crippen LogP contribution in [-0.4, -0.2) is 35.1 Å². The van der Waals surface area contributed by atoms with Crippen molar-refractivity contribution in [2.24, 2.45) is 17.8 Å². The highest BCUT2D eigenvalue weighted by molar-refractivity contribution is 6.05. The lowest BCUT2D eigenvalue weighted by Crippen LogP contribution is -2.41. The van der Waals surface area contributed by atoms with E-state index in [0.717, 1.165) is 24.2 Å². The maximum absolute atomic E-state index is 13.4. The standard InChI is InChI=1S/C27H31NO5/c1-17(2)21-15-14-18(3)16-22(21)32-26(30)24-23(19-10-6-4-7-11-19)28(27(31)33-24)25(29)20-12-8-5-9-13-20/h4-13,17-18,21-24H,14-16H2,1-3H3/t18?,21-,22?,23?,24-/m1/s1. The van der Waals surface area contributed by atoms with Crippen molar-refractivity contribution in [3.05, 3.63) is 71.8 Å². The third-order valence-corrected chi connectivity index (χ3v) is 6.83. The molecular weight excluding hydrogens is 418 g/mol. The van der Waals surface area contributed by atoms with Crippen LogP contribution in [0.1, 0.15) is 62.0 Å². The molecule has 6 nitrogen and oxygen atoms in total. The van der Waals surface area contributed by atoms with Crippen LogP contribution in [-0.2, 0) is 14.3 Å². The van der Waals surface area contributed by atoms with Crippen molar-refractivity contribution in [2.75, 3.05) is 0 Å². The molecule has 1 aliphatic carbocycles. The summed E-state index contributed by atoms with van der Waals surface area (Å²) in [6, 6.07) is 16.7. The molecule has 33 heavy (non-hydrogen) atoms. The number of benzene rings is 2. The molecule has 1 saturated heterocycles. The zero-order valence-electron chi connectivity index (χ0n) is 19.3. The Morgan fingerprint density at radius 2 is 1.64 bits per heavy atom. The highest BCUT2D eigenvalue weighted by Gasteiger charge is 2.51. The number of ether oxygens (including phenoxy) is 2. The van der Waals surface area contributed by atoms with E-state index in [1.165, 1.54) is 0 Å². The number of carbonyl (C=O) groups excluding carboxylic acids is 3. The maximum Gasteiger partial charge on any atom is 0.418 e. The summed E-state index contributed by atoms with van der Waals surface area (Å²) in [6.45, 7) is 6.45. The molecule has 6 heteroatoms. The molecule has 2 aliphatic rings. The molecule has 1 saturated carbocycles. The van der Waals surface area contributed by atoms with Crippen molar-refractivity contribution in [2.45, 2.75) is 58.3 Å². The SMILES string of the molecule is CC1CC[C@H](C(C)C)C(OC(=O)[C@@H]2OC(=O)N(C(=O)c3ccccc3)C2c2ccccc2)C1. The Balaban J connectivity index is 1.63. The molecule has 2 aromatic rings. The van der Waals surface area contributed by atoms with Crippen LogP contribution < -0.4 is 0 Å². The summed E-state index contributed by atoms with van der Waals surface area (Å²) in [7, 11) is 0. The van der Waals surface area contributed by atoms with Gasteiger partial charge in [-0.2, -0.15) is 0 Å². The Hall–Kier alpha value is -3.15. The highest BCUT2D eigenvalue weighted by Crippen LogP contribution is 2.39. The Labute approximate surface area is 194 Å². The fraction of sp³-hybridized carbons (Fsp3) is 0.444. The van der Waals surface area contributed by atoms with Gasteiger partial charge in [-0.15, -0.1) is 0 Å². The first-order chi connectivity index (χ1) is 15.9. The summed E-state index contributed by atoms with van der Waals surface area (Å²) in [4.78, 5) is 40.6. The molecule has 0 N–H and O–H groups in total. The summed E-state index contributed by atoms with van der Waals surface area (Å²) in [5.74, 6) is 0.00779. The zero-order valence-corrected chi connectivity index (χ0v) is 19.3. The first kappa shape index (κ1) is 23.0. The number of rotatable bonds is 5. The zero-order chi connectivity index (χ0) is 23.5. The molecule has 0 spiro atoms. The van der Waals surface area contributed by atoms with E-state index >= 15 is 0 Å². The van der Waals surface area contributed by atoms with E-state index in [2.05, 4.69) is 20.8 Å². The lowest BCUT2D eigenvalue weighted by atomic mass is 9.75. The van der Waals surface area contributed by atoms with E-state index < -0.39 is 30.1 Å². The molecule has 0 aromatic heterocycles. The molecule has 5 atom stereocenters. The average Bonchev–Trinajstić information content (AvgIpc) is 3.16. The van der Waals surface area contributed by atoms with Gasteiger partial charge in [0.25, 0.3) is 5.91 Å². The van der Waals surface area contributed by atoms with Crippen molar-refractivity contribution < 1.29 is 23.9 Å². The summed E-state index contributed by atoms with van der Waals surface area (Å²) in [5, 5.41) is 0. The third-order valence-electron chi connectivity index (χ3n) is 6.83. The lowest BCUT2D eigenvalue weighted by Gasteiger charge is -2.37. The Morgan fingerprint density at radius 3 is 2.27 bits per heavy atom. The van der Waals surface area contributed by atoms with Crippen molar-refractivity contribution in [1.29, 1.82) is 0 Å². The average molecular weight is 450 g/mol. The first-order valence-corrected chi connectivity index (χ1v) is 11.7. The van der Waals surface area contributed by atoms with Gasteiger partial charge in [0, 0.05) is 5.56 Å². The van der Waals surface area contributed by atoms with E-state index in [1.54, 1.807) is 42.5 Å². The molecule has 1 aliphatic heterocycles. The van der Waals surface area contributed by atoms with Crippen LogP contribution in [0.3, 0.4) is 0 Å². The van der Waals surface area contributed by atoms with E-state index in [-0.39, 0.29) is 12.0 Å². The molecule has 4 rings (SSSR count). The summed E-state index contributed by atoms with van der Waals surface area (Å²) >= 11 is 0. The van der Waals surface area contributed by atoms with E-state index in [0.29, 0.717) is 23.0 Å². The van der Waals surface area contributed by atoms with E-state index in [4.69, 9.17) is 9.47 Å². The Kier molecular flexibility index (Phi) is 6.82. The Bertz CT molecular complexity index is 990. The first-order valence-electron chi connectivity index (χ1n) is 11.7. The normalized spacial score (nSPS) is 27.3. The fourth-order valence-corrected chi connectivity index (χ4v) is 5.03. The summed E-state index contributed by atoms with van der Waals surface area (Å²) in [6.07, 6.45) is 0.631. The van der Waals surface area contributed by atoms with Gasteiger partial charge in [0.15, 0.2) is 0 Å². The number of cyclic esters (lactones) is 1. The fourth-order valence-electron chi connectivity index (χ4n) is 5.03. The summed E-state index contributed by atoms with van der Waals surface area (Å²) < 4.78 is 11.5. The third kappa shape index (κ3) is 4.80. The monoisotopic (exact) mass is 449 g/mol. The minimum absolute atomic E-state index is 0.227.